The average Bonchev–Trinajstić information content (AvgIpc) is 3.18. The molecule has 0 spiro atoms. The van der Waals surface area contributed by atoms with E-state index in [1.54, 1.807) is 41.8 Å². The number of imidazole rings is 1. The standard InChI is InChI=1S/C26H33N7O4/c1-4-37-24(35)15-30-23(34)16-33-21-10-9-19(26(36)29-11-12-32(2)3)14-20(21)31-22(33)13-17-5-7-18(8-6-17)25(27)28/h5-10,14H,4,11-13,15-16H2,1-3H3,(H3,27,28)(H,29,36)(H,30,34). The molecule has 2 aromatic carbocycles. The Morgan fingerprint density at radius 3 is 2.43 bits per heavy atom. The summed E-state index contributed by atoms with van der Waals surface area (Å²) in [5.74, 6) is -0.490. The van der Waals surface area contributed by atoms with E-state index in [2.05, 4.69) is 10.6 Å². The number of carbonyl (C=O) groups excluding carboxylic acids is 3. The third-order valence-corrected chi connectivity index (χ3v) is 5.60. The molecular weight excluding hydrogens is 474 g/mol. The van der Waals surface area contributed by atoms with Gasteiger partial charge in [0.15, 0.2) is 0 Å². The summed E-state index contributed by atoms with van der Waals surface area (Å²) in [4.78, 5) is 43.6. The Labute approximate surface area is 215 Å². The number of nitrogens with two attached hydrogens (primary N) is 1. The Bertz CT molecular complexity index is 1280. The van der Waals surface area contributed by atoms with Gasteiger partial charge in [-0.1, -0.05) is 24.3 Å². The van der Waals surface area contributed by atoms with Gasteiger partial charge in [0.2, 0.25) is 5.91 Å². The number of rotatable bonds is 12. The average molecular weight is 508 g/mol. The Morgan fingerprint density at radius 2 is 1.78 bits per heavy atom. The van der Waals surface area contributed by atoms with Crippen molar-refractivity contribution < 1.29 is 19.1 Å². The highest BCUT2D eigenvalue weighted by molar-refractivity contribution is 5.97. The monoisotopic (exact) mass is 507 g/mol. The summed E-state index contributed by atoms with van der Waals surface area (Å²) in [6.45, 7) is 2.88. The van der Waals surface area contributed by atoms with E-state index in [1.165, 1.54) is 0 Å². The van der Waals surface area contributed by atoms with Gasteiger partial charge in [0.1, 0.15) is 24.7 Å². The molecule has 37 heavy (non-hydrogen) atoms. The lowest BCUT2D eigenvalue weighted by atomic mass is 10.1. The summed E-state index contributed by atoms with van der Waals surface area (Å²) in [5, 5.41) is 13.0. The topological polar surface area (TPSA) is 155 Å². The van der Waals surface area contributed by atoms with Gasteiger partial charge >= 0.3 is 5.97 Å². The molecule has 0 atom stereocenters. The van der Waals surface area contributed by atoms with Gasteiger partial charge in [-0.15, -0.1) is 0 Å². The maximum Gasteiger partial charge on any atom is 0.325 e. The molecule has 0 bridgehead atoms. The summed E-state index contributed by atoms with van der Waals surface area (Å²) >= 11 is 0. The van der Waals surface area contributed by atoms with Gasteiger partial charge in [-0.2, -0.15) is 0 Å². The predicted molar refractivity (Wildman–Crippen MR) is 141 cm³/mol. The Morgan fingerprint density at radius 1 is 1.08 bits per heavy atom. The normalized spacial score (nSPS) is 10.9. The summed E-state index contributed by atoms with van der Waals surface area (Å²) in [7, 11) is 3.87. The summed E-state index contributed by atoms with van der Waals surface area (Å²) in [6.07, 6.45) is 0.405. The number of nitrogens with one attached hydrogen (secondary N) is 3. The van der Waals surface area contributed by atoms with Gasteiger partial charge in [0.25, 0.3) is 5.91 Å². The fraction of sp³-hybridized carbons (Fsp3) is 0.346. The van der Waals surface area contributed by atoms with Crippen LogP contribution in [0.2, 0.25) is 0 Å². The van der Waals surface area contributed by atoms with Crippen molar-refractivity contribution in [2.45, 2.75) is 19.9 Å². The number of likely N-dealkylation sites (N-methyl/N-ethyl adjacent to an activating group) is 1. The van der Waals surface area contributed by atoms with Crippen molar-refractivity contribution in [2.75, 3.05) is 40.3 Å². The number of nitrogens with zero attached hydrogens (tertiary/aromatic N) is 3. The molecule has 11 nitrogen and oxygen atoms in total. The van der Waals surface area contributed by atoms with Crippen molar-refractivity contribution in [1.29, 1.82) is 5.41 Å². The number of amides is 2. The molecule has 0 saturated heterocycles. The van der Waals surface area contributed by atoms with Crippen LogP contribution < -0.4 is 16.4 Å². The van der Waals surface area contributed by atoms with E-state index in [9.17, 15) is 14.4 Å². The van der Waals surface area contributed by atoms with Gasteiger partial charge in [0, 0.05) is 30.6 Å². The predicted octanol–water partition coefficient (Wildman–Crippen LogP) is 0.882. The molecule has 196 valence electrons. The second-order valence-corrected chi connectivity index (χ2v) is 8.75. The fourth-order valence-electron chi connectivity index (χ4n) is 3.69. The SMILES string of the molecule is CCOC(=O)CNC(=O)Cn1c(Cc2ccc(C(=N)N)cc2)nc2cc(C(=O)NCCN(C)C)ccc21. The van der Waals surface area contributed by atoms with Crippen molar-refractivity contribution in [1.82, 2.24) is 25.1 Å². The van der Waals surface area contributed by atoms with Gasteiger partial charge < -0.3 is 30.6 Å². The number of amidine groups is 1. The number of aromatic nitrogens is 2. The molecule has 0 radical (unpaired) electrons. The van der Waals surface area contributed by atoms with Gasteiger partial charge in [0.05, 0.1) is 17.6 Å². The highest BCUT2D eigenvalue weighted by Crippen LogP contribution is 2.21. The first-order valence-corrected chi connectivity index (χ1v) is 12.0. The van der Waals surface area contributed by atoms with Crippen molar-refractivity contribution >= 4 is 34.7 Å². The van der Waals surface area contributed by atoms with E-state index in [0.29, 0.717) is 41.0 Å². The van der Waals surface area contributed by atoms with E-state index in [1.807, 2.05) is 31.1 Å². The highest BCUT2D eigenvalue weighted by atomic mass is 16.5. The number of nitrogen functional groups attached to an aromatic ring is 1. The van der Waals surface area contributed by atoms with Crippen LogP contribution in [0.3, 0.4) is 0 Å². The molecule has 0 saturated carbocycles. The molecule has 0 aliphatic carbocycles. The Kier molecular flexibility index (Phi) is 9.33. The second-order valence-electron chi connectivity index (χ2n) is 8.75. The van der Waals surface area contributed by atoms with E-state index in [-0.39, 0.29) is 37.3 Å². The van der Waals surface area contributed by atoms with Crippen LogP contribution >= 0.6 is 0 Å². The zero-order valence-electron chi connectivity index (χ0n) is 21.3. The Balaban J connectivity index is 1.88. The summed E-state index contributed by atoms with van der Waals surface area (Å²) < 4.78 is 6.63. The molecule has 3 rings (SSSR count). The molecule has 0 aliphatic rings. The number of esters is 1. The maximum absolute atomic E-state index is 12.7. The first-order valence-electron chi connectivity index (χ1n) is 12.0. The van der Waals surface area contributed by atoms with Crippen LogP contribution in [0.15, 0.2) is 42.5 Å². The molecule has 3 aromatic rings. The molecule has 2 amide bonds. The van der Waals surface area contributed by atoms with Gasteiger partial charge in [-0.05, 0) is 44.8 Å². The number of hydrogen-bond donors (Lipinski definition) is 4. The number of hydrogen-bond acceptors (Lipinski definition) is 7. The lowest BCUT2D eigenvalue weighted by Crippen LogP contribution is -2.33. The lowest BCUT2D eigenvalue weighted by molar-refractivity contribution is -0.143. The minimum atomic E-state index is -0.512. The van der Waals surface area contributed by atoms with Crippen LogP contribution in [0.1, 0.15) is 34.2 Å². The van der Waals surface area contributed by atoms with Crippen LogP contribution in [-0.2, 0) is 27.3 Å². The van der Waals surface area contributed by atoms with Crippen molar-refractivity contribution in [3.05, 3.63) is 65.0 Å². The molecule has 5 N–H and O–H groups in total. The highest BCUT2D eigenvalue weighted by Gasteiger charge is 2.17. The summed E-state index contributed by atoms with van der Waals surface area (Å²) in [5.41, 5.74) is 8.81. The molecular formula is C26H33N7O4. The van der Waals surface area contributed by atoms with Gasteiger partial charge in [-0.3, -0.25) is 19.8 Å². The number of benzene rings is 2. The van der Waals surface area contributed by atoms with Crippen LogP contribution in [0, 0.1) is 5.41 Å². The molecule has 1 heterocycles. The minimum Gasteiger partial charge on any atom is -0.465 e. The van der Waals surface area contributed by atoms with Crippen molar-refractivity contribution in [3.8, 4) is 0 Å². The first kappa shape index (κ1) is 27.3. The quantitative estimate of drug-likeness (QED) is 0.161. The molecule has 11 heteroatoms. The number of carbonyl (C=O) groups is 3. The zero-order valence-corrected chi connectivity index (χ0v) is 21.3. The maximum atomic E-state index is 12.7. The fourth-order valence-corrected chi connectivity index (χ4v) is 3.69. The van der Waals surface area contributed by atoms with Crippen molar-refractivity contribution in [3.63, 3.8) is 0 Å². The van der Waals surface area contributed by atoms with Crippen LogP contribution in [0.25, 0.3) is 11.0 Å². The number of ether oxygens (including phenoxy) is 1. The smallest absolute Gasteiger partial charge is 0.325 e. The molecule has 1 aromatic heterocycles. The van der Waals surface area contributed by atoms with Gasteiger partial charge in [-0.25, -0.2) is 4.98 Å². The van der Waals surface area contributed by atoms with Crippen LogP contribution in [0.5, 0.6) is 0 Å². The third kappa shape index (κ3) is 7.61. The summed E-state index contributed by atoms with van der Waals surface area (Å²) in [6, 6.07) is 12.4. The van der Waals surface area contributed by atoms with Crippen LogP contribution in [-0.4, -0.2) is 78.4 Å². The van der Waals surface area contributed by atoms with E-state index >= 15 is 0 Å². The zero-order chi connectivity index (χ0) is 26.9. The van der Waals surface area contributed by atoms with E-state index < -0.39 is 5.97 Å². The minimum absolute atomic E-state index is 0.0200. The Hall–Kier alpha value is -4.25. The molecule has 0 aliphatic heterocycles. The van der Waals surface area contributed by atoms with E-state index in [0.717, 1.165) is 12.1 Å². The first-order chi connectivity index (χ1) is 17.7. The second kappa shape index (κ2) is 12.6. The third-order valence-electron chi connectivity index (χ3n) is 5.60. The molecule has 0 fully saturated rings. The van der Waals surface area contributed by atoms with Crippen LogP contribution in [0.4, 0.5) is 0 Å². The largest absolute Gasteiger partial charge is 0.465 e. The molecule has 0 unspecified atom stereocenters. The van der Waals surface area contributed by atoms with E-state index in [4.69, 9.17) is 20.9 Å². The number of fused-ring (bicyclic) bond motifs is 1. The van der Waals surface area contributed by atoms with Crippen molar-refractivity contribution in [2.24, 2.45) is 5.73 Å². The lowest BCUT2D eigenvalue weighted by Gasteiger charge is -2.11.